The fourth-order valence-corrected chi connectivity index (χ4v) is 3.59. The minimum Gasteiger partial charge on any atom is -0.352 e. The van der Waals surface area contributed by atoms with Crippen LogP contribution in [0, 0.1) is 5.92 Å². The number of nitrogens with one attached hydrogen (secondary N) is 2. The smallest absolute Gasteiger partial charge is 0.254 e. The molecular weight excluding hydrogens is 302 g/mol. The van der Waals surface area contributed by atoms with Crippen LogP contribution in [-0.4, -0.2) is 46.1 Å². The van der Waals surface area contributed by atoms with Crippen molar-refractivity contribution in [1.29, 1.82) is 0 Å². The number of rotatable bonds is 6. The van der Waals surface area contributed by atoms with Crippen LogP contribution in [0.25, 0.3) is 0 Å². The van der Waals surface area contributed by atoms with Crippen LogP contribution in [0.2, 0.25) is 0 Å². The number of aromatic nitrogens is 3. The van der Waals surface area contributed by atoms with E-state index < -0.39 is 0 Å². The number of carbonyl (C=O) groups is 1. The highest BCUT2D eigenvalue weighted by Gasteiger charge is 2.33. The van der Waals surface area contributed by atoms with Crippen molar-refractivity contribution in [1.82, 2.24) is 25.4 Å². The van der Waals surface area contributed by atoms with Gasteiger partial charge >= 0.3 is 0 Å². The Morgan fingerprint density at radius 1 is 1.46 bits per heavy atom. The van der Waals surface area contributed by atoms with Gasteiger partial charge in [-0.25, -0.2) is 0 Å². The fourth-order valence-electron chi connectivity index (χ4n) is 3.59. The molecule has 3 rings (SSSR count). The Kier molecular flexibility index (Phi) is 5.25. The Balaban J connectivity index is 1.65. The molecule has 1 amide bonds. The molecule has 2 aromatic heterocycles. The van der Waals surface area contributed by atoms with Gasteiger partial charge in [0, 0.05) is 30.7 Å². The maximum absolute atomic E-state index is 12.5. The topological polar surface area (TPSA) is 73.9 Å². The van der Waals surface area contributed by atoms with Gasteiger partial charge in [0.1, 0.15) is 0 Å². The summed E-state index contributed by atoms with van der Waals surface area (Å²) in [7, 11) is 2.13. The van der Waals surface area contributed by atoms with E-state index in [0.29, 0.717) is 24.1 Å². The molecule has 2 aromatic rings. The predicted molar refractivity (Wildman–Crippen MR) is 92.6 cm³/mol. The van der Waals surface area contributed by atoms with Gasteiger partial charge in [-0.1, -0.05) is 19.4 Å². The van der Waals surface area contributed by atoms with Crippen molar-refractivity contribution in [3.05, 3.63) is 47.5 Å². The number of nitrogens with zero attached hydrogens (tertiary/aromatic N) is 3. The number of aromatic amines is 1. The molecule has 128 valence electrons. The van der Waals surface area contributed by atoms with E-state index in [1.807, 2.05) is 12.3 Å². The Hall–Kier alpha value is -2.21. The number of carbonyl (C=O) groups excluding carboxylic acids is 1. The second-order valence-corrected chi connectivity index (χ2v) is 6.48. The quantitative estimate of drug-likeness (QED) is 0.853. The molecule has 1 fully saturated rings. The first-order chi connectivity index (χ1) is 11.7. The highest BCUT2D eigenvalue weighted by Crippen LogP contribution is 2.35. The third kappa shape index (κ3) is 3.48. The summed E-state index contributed by atoms with van der Waals surface area (Å²) in [5.41, 5.74) is 2.80. The third-order valence-corrected chi connectivity index (χ3v) is 4.79. The van der Waals surface area contributed by atoms with Crippen molar-refractivity contribution in [2.45, 2.75) is 32.2 Å². The van der Waals surface area contributed by atoms with E-state index in [9.17, 15) is 4.79 Å². The number of likely N-dealkylation sites (tertiary alicyclic amines) is 1. The first-order valence-corrected chi connectivity index (χ1v) is 8.61. The number of hydrogen-bond donors (Lipinski definition) is 2. The molecule has 0 aliphatic carbocycles. The standard InChI is InChI=1S/C18H25N5O/c1-3-5-16-15(12-21-22-16)18(24)20-11-14-7-9-23(2)17(14)13-6-4-8-19-10-13/h4,6,8,10,12,14,17H,3,5,7,9,11H2,1-2H3,(H,20,24)(H,21,22)/t14-,17-/m0/s1. The van der Waals surface area contributed by atoms with Crippen molar-refractivity contribution in [3.8, 4) is 0 Å². The molecule has 0 radical (unpaired) electrons. The SMILES string of the molecule is CCCc1[nH]ncc1C(=O)NC[C@@H]1CCN(C)[C@H]1c1cccnc1. The van der Waals surface area contributed by atoms with E-state index in [1.165, 1.54) is 5.56 Å². The summed E-state index contributed by atoms with van der Waals surface area (Å²) < 4.78 is 0. The van der Waals surface area contributed by atoms with Crippen molar-refractivity contribution in [2.24, 2.45) is 5.92 Å². The van der Waals surface area contributed by atoms with E-state index in [-0.39, 0.29) is 5.91 Å². The zero-order valence-corrected chi connectivity index (χ0v) is 14.3. The maximum Gasteiger partial charge on any atom is 0.254 e. The lowest BCUT2D eigenvalue weighted by atomic mass is 9.94. The minimum atomic E-state index is -0.0355. The molecule has 6 heteroatoms. The van der Waals surface area contributed by atoms with Gasteiger partial charge in [-0.05, 0) is 44.0 Å². The van der Waals surface area contributed by atoms with Gasteiger partial charge in [-0.15, -0.1) is 0 Å². The fraction of sp³-hybridized carbons (Fsp3) is 0.500. The minimum absolute atomic E-state index is 0.0355. The van der Waals surface area contributed by atoms with Gasteiger partial charge in [0.15, 0.2) is 0 Å². The largest absolute Gasteiger partial charge is 0.352 e. The molecular formula is C18H25N5O. The van der Waals surface area contributed by atoms with Gasteiger partial charge in [0.2, 0.25) is 0 Å². The van der Waals surface area contributed by atoms with Crippen LogP contribution in [-0.2, 0) is 6.42 Å². The first-order valence-electron chi connectivity index (χ1n) is 8.61. The molecule has 1 aliphatic rings. The Morgan fingerprint density at radius 3 is 3.08 bits per heavy atom. The molecule has 0 bridgehead atoms. The second-order valence-electron chi connectivity index (χ2n) is 6.48. The molecule has 0 saturated carbocycles. The summed E-state index contributed by atoms with van der Waals surface area (Å²) in [6.07, 6.45) is 8.25. The highest BCUT2D eigenvalue weighted by atomic mass is 16.1. The third-order valence-electron chi connectivity index (χ3n) is 4.79. The molecule has 1 aliphatic heterocycles. The molecule has 2 N–H and O–H groups in total. The lowest BCUT2D eigenvalue weighted by Crippen LogP contribution is -2.32. The predicted octanol–water partition coefficient (Wildman–Crippen LogP) is 2.18. The van der Waals surface area contributed by atoms with Gasteiger partial charge < -0.3 is 5.32 Å². The second kappa shape index (κ2) is 7.57. The first kappa shape index (κ1) is 16.6. The van der Waals surface area contributed by atoms with Crippen LogP contribution >= 0.6 is 0 Å². The molecule has 3 heterocycles. The Labute approximate surface area is 142 Å². The Bertz CT molecular complexity index is 669. The molecule has 24 heavy (non-hydrogen) atoms. The maximum atomic E-state index is 12.5. The lowest BCUT2D eigenvalue weighted by molar-refractivity contribution is 0.0942. The van der Waals surface area contributed by atoms with Crippen LogP contribution < -0.4 is 5.32 Å². The zero-order valence-electron chi connectivity index (χ0n) is 14.3. The number of pyridine rings is 1. The molecule has 2 atom stereocenters. The van der Waals surface area contributed by atoms with Gasteiger partial charge in [-0.2, -0.15) is 5.10 Å². The van der Waals surface area contributed by atoms with E-state index in [2.05, 4.69) is 45.4 Å². The summed E-state index contributed by atoms with van der Waals surface area (Å²) in [5.74, 6) is 0.358. The molecule has 0 aromatic carbocycles. The van der Waals surface area contributed by atoms with Crippen molar-refractivity contribution in [2.75, 3.05) is 20.1 Å². The molecule has 0 spiro atoms. The molecule has 0 unspecified atom stereocenters. The number of amides is 1. The van der Waals surface area contributed by atoms with Crippen molar-refractivity contribution in [3.63, 3.8) is 0 Å². The summed E-state index contributed by atoms with van der Waals surface area (Å²) >= 11 is 0. The van der Waals surface area contributed by atoms with Gasteiger partial charge in [-0.3, -0.25) is 19.8 Å². The summed E-state index contributed by atoms with van der Waals surface area (Å²) in [6, 6.07) is 4.39. The van der Waals surface area contributed by atoms with Gasteiger partial charge in [0.05, 0.1) is 11.8 Å². The summed E-state index contributed by atoms with van der Waals surface area (Å²) in [4.78, 5) is 19.1. The highest BCUT2D eigenvalue weighted by molar-refractivity contribution is 5.95. The summed E-state index contributed by atoms with van der Waals surface area (Å²) in [5, 5.41) is 10.0. The average molecular weight is 327 g/mol. The normalized spacial score (nSPS) is 21.1. The van der Waals surface area contributed by atoms with Crippen LogP contribution in [0.15, 0.2) is 30.7 Å². The van der Waals surface area contributed by atoms with E-state index in [4.69, 9.17) is 0 Å². The molecule has 1 saturated heterocycles. The lowest BCUT2D eigenvalue weighted by Gasteiger charge is -2.25. The zero-order chi connectivity index (χ0) is 16.9. The molecule has 6 nitrogen and oxygen atoms in total. The monoisotopic (exact) mass is 327 g/mol. The van der Waals surface area contributed by atoms with E-state index in [1.54, 1.807) is 12.4 Å². The number of H-pyrrole nitrogens is 1. The Morgan fingerprint density at radius 2 is 2.33 bits per heavy atom. The summed E-state index contributed by atoms with van der Waals surface area (Å²) in [6.45, 7) is 3.79. The van der Waals surface area contributed by atoms with Crippen LogP contribution in [0.4, 0.5) is 0 Å². The van der Waals surface area contributed by atoms with Gasteiger partial charge in [0.25, 0.3) is 5.91 Å². The average Bonchev–Trinajstić information content (AvgIpc) is 3.20. The van der Waals surface area contributed by atoms with E-state index in [0.717, 1.165) is 31.5 Å². The van der Waals surface area contributed by atoms with E-state index >= 15 is 0 Å². The van der Waals surface area contributed by atoms with Crippen molar-refractivity contribution >= 4 is 5.91 Å². The van der Waals surface area contributed by atoms with Crippen LogP contribution in [0.5, 0.6) is 0 Å². The number of aryl methyl sites for hydroxylation is 1. The van der Waals surface area contributed by atoms with Crippen LogP contribution in [0.3, 0.4) is 0 Å². The van der Waals surface area contributed by atoms with Crippen LogP contribution in [0.1, 0.15) is 47.4 Å². The van der Waals surface area contributed by atoms with Crippen molar-refractivity contribution < 1.29 is 4.79 Å². The number of hydrogen-bond acceptors (Lipinski definition) is 4.